The maximum atomic E-state index is 7.52. The van der Waals surface area contributed by atoms with E-state index in [9.17, 15) is 0 Å². The largest absolute Gasteiger partial charge is 0.497 e. The Balaban J connectivity index is 2.57. The average molecular weight is 277 g/mol. The molecule has 2 aromatic rings. The fourth-order valence-corrected chi connectivity index (χ4v) is 2.69. The highest BCUT2D eigenvalue weighted by molar-refractivity contribution is 7.17. The lowest BCUT2D eigenvalue weighted by Gasteiger charge is -2.08. The van der Waals surface area contributed by atoms with Crippen LogP contribution in [0.3, 0.4) is 0 Å². The zero-order valence-corrected chi connectivity index (χ0v) is 11.8. The number of aryl methyl sites for hydroxylation is 1. The Kier molecular flexibility index (Phi) is 3.71. The predicted molar refractivity (Wildman–Crippen MR) is 76.4 cm³/mol. The van der Waals surface area contributed by atoms with Crippen molar-refractivity contribution >= 4 is 17.2 Å². The minimum Gasteiger partial charge on any atom is -0.497 e. The Bertz CT molecular complexity index is 622. The third-order valence-corrected chi connectivity index (χ3v) is 3.90. The molecule has 0 unspecified atom stereocenters. The molecule has 0 fully saturated rings. The summed E-state index contributed by atoms with van der Waals surface area (Å²) in [5.41, 5.74) is 7.11. The highest BCUT2D eigenvalue weighted by atomic mass is 32.1. The molecule has 2 rings (SSSR count). The van der Waals surface area contributed by atoms with Gasteiger partial charge in [0.1, 0.15) is 22.3 Å². The number of thiazole rings is 1. The van der Waals surface area contributed by atoms with Crippen LogP contribution in [0.15, 0.2) is 18.2 Å². The Labute approximate surface area is 115 Å². The summed E-state index contributed by atoms with van der Waals surface area (Å²) in [6.07, 6.45) is 0. The van der Waals surface area contributed by atoms with Crippen LogP contribution in [0.2, 0.25) is 0 Å². The molecule has 1 aromatic heterocycles. The second-order valence-corrected chi connectivity index (χ2v) is 4.91. The number of amidine groups is 1. The lowest BCUT2D eigenvalue weighted by Crippen LogP contribution is -2.10. The van der Waals surface area contributed by atoms with Gasteiger partial charge in [-0.25, -0.2) is 4.98 Å². The van der Waals surface area contributed by atoms with Crippen molar-refractivity contribution in [2.75, 3.05) is 14.2 Å². The number of nitrogens with zero attached hydrogens (tertiary/aromatic N) is 1. The molecule has 0 aliphatic carbocycles. The van der Waals surface area contributed by atoms with Crippen molar-refractivity contribution in [1.82, 2.24) is 4.98 Å². The molecule has 0 atom stereocenters. The number of aromatic nitrogens is 1. The van der Waals surface area contributed by atoms with Crippen LogP contribution in [0, 0.1) is 12.3 Å². The summed E-state index contributed by atoms with van der Waals surface area (Å²) in [4.78, 5) is 5.13. The van der Waals surface area contributed by atoms with Crippen molar-refractivity contribution in [3.05, 3.63) is 28.8 Å². The number of ether oxygens (including phenoxy) is 2. The first-order valence-corrected chi connectivity index (χ1v) is 6.42. The molecule has 0 bridgehead atoms. The minimum atomic E-state index is 0.0307. The third kappa shape index (κ3) is 2.53. The smallest absolute Gasteiger partial charge is 0.135 e. The van der Waals surface area contributed by atoms with Gasteiger partial charge in [0.2, 0.25) is 0 Å². The first-order chi connectivity index (χ1) is 9.06. The molecule has 100 valence electrons. The maximum Gasteiger partial charge on any atom is 0.135 e. The average Bonchev–Trinajstić information content (AvgIpc) is 2.80. The van der Waals surface area contributed by atoms with Gasteiger partial charge in [-0.15, -0.1) is 11.3 Å². The molecule has 6 heteroatoms. The summed E-state index contributed by atoms with van der Waals surface area (Å²) in [6.45, 7) is 1.84. The fourth-order valence-electron chi connectivity index (χ4n) is 1.74. The van der Waals surface area contributed by atoms with Gasteiger partial charge in [-0.05, 0) is 25.1 Å². The van der Waals surface area contributed by atoms with E-state index in [0.717, 1.165) is 22.0 Å². The van der Waals surface area contributed by atoms with E-state index in [1.807, 2.05) is 25.1 Å². The molecule has 0 aliphatic heterocycles. The Morgan fingerprint density at radius 1 is 1.32 bits per heavy atom. The van der Waals surface area contributed by atoms with Crippen molar-refractivity contribution in [1.29, 1.82) is 5.41 Å². The predicted octanol–water partition coefficient (Wildman–Crippen LogP) is 2.42. The van der Waals surface area contributed by atoms with Crippen LogP contribution in [-0.2, 0) is 0 Å². The molecule has 5 nitrogen and oxygen atoms in total. The van der Waals surface area contributed by atoms with E-state index in [2.05, 4.69) is 4.98 Å². The summed E-state index contributed by atoms with van der Waals surface area (Å²) in [6, 6.07) is 5.52. The summed E-state index contributed by atoms with van der Waals surface area (Å²) in [5.74, 6) is 1.47. The molecule has 19 heavy (non-hydrogen) atoms. The van der Waals surface area contributed by atoms with Crippen LogP contribution >= 0.6 is 11.3 Å². The number of rotatable bonds is 4. The van der Waals surface area contributed by atoms with Gasteiger partial charge in [0.15, 0.2) is 0 Å². The van der Waals surface area contributed by atoms with Crippen LogP contribution in [0.4, 0.5) is 0 Å². The highest BCUT2D eigenvalue weighted by Gasteiger charge is 2.15. The monoisotopic (exact) mass is 277 g/mol. The highest BCUT2D eigenvalue weighted by Crippen LogP contribution is 2.36. The lowest BCUT2D eigenvalue weighted by molar-refractivity contribution is 0.404. The molecule has 3 N–H and O–H groups in total. The van der Waals surface area contributed by atoms with Crippen molar-refractivity contribution in [2.45, 2.75) is 6.92 Å². The van der Waals surface area contributed by atoms with Crippen LogP contribution in [0.25, 0.3) is 10.6 Å². The third-order valence-electron chi connectivity index (χ3n) is 2.68. The van der Waals surface area contributed by atoms with Crippen molar-refractivity contribution in [3.8, 4) is 22.1 Å². The van der Waals surface area contributed by atoms with Crippen molar-refractivity contribution in [3.63, 3.8) is 0 Å². The van der Waals surface area contributed by atoms with Gasteiger partial charge >= 0.3 is 0 Å². The molecule has 1 heterocycles. The molecule has 0 aliphatic rings. The zero-order valence-electron chi connectivity index (χ0n) is 11.0. The second kappa shape index (κ2) is 5.27. The van der Waals surface area contributed by atoms with Gasteiger partial charge < -0.3 is 15.2 Å². The van der Waals surface area contributed by atoms with E-state index in [1.165, 1.54) is 11.3 Å². The number of nitrogens with one attached hydrogen (secondary N) is 1. The van der Waals surface area contributed by atoms with Gasteiger partial charge in [0.05, 0.1) is 30.4 Å². The number of benzene rings is 1. The Hall–Kier alpha value is -2.08. The Morgan fingerprint density at radius 2 is 2.05 bits per heavy atom. The van der Waals surface area contributed by atoms with Gasteiger partial charge in [-0.1, -0.05) is 0 Å². The molecule has 0 amide bonds. The van der Waals surface area contributed by atoms with E-state index in [1.54, 1.807) is 14.2 Å². The molecular weight excluding hydrogens is 262 g/mol. The van der Waals surface area contributed by atoms with Crippen LogP contribution in [-0.4, -0.2) is 25.0 Å². The van der Waals surface area contributed by atoms with Gasteiger partial charge in [0.25, 0.3) is 0 Å². The molecule has 1 aromatic carbocycles. The second-order valence-electron chi connectivity index (χ2n) is 3.91. The lowest BCUT2D eigenvalue weighted by atomic mass is 10.2. The van der Waals surface area contributed by atoms with Crippen LogP contribution in [0.1, 0.15) is 10.6 Å². The molecule has 0 spiro atoms. The molecular formula is C13H15N3O2S. The first kappa shape index (κ1) is 13.4. The quantitative estimate of drug-likeness (QED) is 0.664. The van der Waals surface area contributed by atoms with Crippen LogP contribution in [0.5, 0.6) is 11.5 Å². The summed E-state index contributed by atoms with van der Waals surface area (Å²) < 4.78 is 10.5. The van der Waals surface area contributed by atoms with E-state index in [0.29, 0.717) is 10.6 Å². The standard InChI is InChI=1S/C13H15N3O2S/c1-7-11(12(14)15)19-13(16-7)9-6-8(17-2)4-5-10(9)18-3/h4-6H,1-3H3,(H3,14,15). The molecule has 0 saturated carbocycles. The Morgan fingerprint density at radius 3 is 2.58 bits per heavy atom. The first-order valence-electron chi connectivity index (χ1n) is 5.61. The number of hydrogen-bond donors (Lipinski definition) is 2. The fraction of sp³-hybridized carbons (Fsp3) is 0.231. The molecule has 0 radical (unpaired) electrons. The normalized spacial score (nSPS) is 10.3. The van der Waals surface area contributed by atoms with E-state index in [-0.39, 0.29) is 5.84 Å². The zero-order chi connectivity index (χ0) is 14.0. The minimum absolute atomic E-state index is 0.0307. The summed E-state index contributed by atoms with van der Waals surface area (Å²) in [5, 5.41) is 8.28. The van der Waals surface area contributed by atoms with Gasteiger partial charge in [0, 0.05) is 0 Å². The maximum absolute atomic E-state index is 7.52. The van der Waals surface area contributed by atoms with Crippen molar-refractivity contribution < 1.29 is 9.47 Å². The van der Waals surface area contributed by atoms with Gasteiger partial charge in [-0.3, -0.25) is 5.41 Å². The number of methoxy groups -OCH3 is 2. The van der Waals surface area contributed by atoms with Gasteiger partial charge in [-0.2, -0.15) is 0 Å². The number of hydrogen-bond acceptors (Lipinski definition) is 5. The summed E-state index contributed by atoms with van der Waals surface area (Å²) >= 11 is 1.37. The van der Waals surface area contributed by atoms with E-state index < -0.39 is 0 Å². The van der Waals surface area contributed by atoms with Crippen LogP contribution < -0.4 is 15.2 Å². The van der Waals surface area contributed by atoms with E-state index >= 15 is 0 Å². The number of nitrogens with two attached hydrogens (primary N) is 1. The summed E-state index contributed by atoms with van der Waals surface area (Å²) in [7, 11) is 3.22. The topological polar surface area (TPSA) is 81.2 Å². The van der Waals surface area contributed by atoms with Crippen molar-refractivity contribution in [2.24, 2.45) is 5.73 Å². The SMILES string of the molecule is COc1ccc(OC)c(-c2nc(C)c(C(=N)N)s2)c1. The number of nitrogen functional groups attached to an aromatic ring is 1. The van der Waals surface area contributed by atoms with E-state index in [4.69, 9.17) is 20.6 Å². The molecule has 0 saturated heterocycles.